The number of aliphatic imine (C=N–C) groups is 1. The maximum Gasteiger partial charge on any atom is 0.191 e. The molecule has 1 fully saturated rings. The first kappa shape index (κ1) is 20.0. The molecule has 1 saturated carbocycles. The van der Waals surface area contributed by atoms with Crippen LogP contribution in [0.15, 0.2) is 4.99 Å². The molecule has 0 bridgehead atoms. The van der Waals surface area contributed by atoms with E-state index in [-0.39, 0.29) is 24.0 Å². The SMILES string of the molecule is CCNC(=NCCN(C)C1CCCCC1)NC(C)C.I. The topological polar surface area (TPSA) is 39.7 Å². The fraction of sp³-hybridized carbons (Fsp3) is 0.933. The lowest BCUT2D eigenvalue weighted by Gasteiger charge is -2.30. The van der Waals surface area contributed by atoms with Gasteiger partial charge in [0.05, 0.1) is 6.54 Å². The van der Waals surface area contributed by atoms with Crippen molar-refractivity contribution in [3.05, 3.63) is 0 Å². The molecule has 0 aromatic heterocycles. The Balaban J connectivity index is 0.00000361. The Morgan fingerprint density at radius 1 is 1.25 bits per heavy atom. The number of rotatable bonds is 6. The first-order valence-corrected chi connectivity index (χ1v) is 7.88. The highest BCUT2D eigenvalue weighted by atomic mass is 127. The molecule has 2 N–H and O–H groups in total. The third kappa shape index (κ3) is 8.29. The second kappa shape index (κ2) is 11.6. The van der Waals surface area contributed by atoms with Gasteiger partial charge >= 0.3 is 0 Å². The monoisotopic (exact) mass is 396 g/mol. The Bertz CT molecular complexity index is 263. The van der Waals surface area contributed by atoms with E-state index < -0.39 is 0 Å². The van der Waals surface area contributed by atoms with Gasteiger partial charge in [-0.2, -0.15) is 0 Å². The first-order chi connectivity index (χ1) is 9.13. The molecule has 120 valence electrons. The predicted octanol–water partition coefficient (Wildman–Crippen LogP) is 2.83. The van der Waals surface area contributed by atoms with E-state index in [1.54, 1.807) is 0 Å². The van der Waals surface area contributed by atoms with Crippen LogP contribution in [0.5, 0.6) is 0 Å². The summed E-state index contributed by atoms with van der Waals surface area (Å²) in [6, 6.07) is 1.21. The zero-order valence-corrected chi connectivity index (χ0v) is 15.9. The zero-order chi connectivity index (χ0) is 14.1. The number of guanidine groups is 1. The summed E-state index contributed by atoms with van der Waals surface area (Å²) in [7, 11) is 2.24. The third-order valence-electron chi connectivity index (χ3n) is 3.69. The number of hydrogen-bond acceptors (Lipinski definition) is 2. The van der Waals surface area contributed by atoms with Crippen LogP contribution < -0.4 is 10.6 Å². The van der Waals surface area contributed by atoms with Crippen LogP contribution in [0.1, 0.15) is 52.9 Å². The van der Waals surface area contributed by atoms with Crippen LogP contribution >= 0.6 is 24.0 Å². The van der Waals surface area contributed by atoms with Gasteiger partial charge in [0.2, 0.25) is 0 Å². The van der Waals surface area contributed by atoms with Gasteiger partial charge in [-0.1, -0.05) is 19.3 Å². The number of nitrogens with zero attached hydrogens (tertiary/aromatic N) is 2. The van der Waals surface area contributed by atoms with Crippen molar-refractivity contribution < 1.29 is 0 Å². The molecule has 0 aliphatic heterocycles. The van der Waals surface area contributed by atoms with Gasteiger partial charge in [-0.25, -0.2) is 0 Å². The standard InChI is InChI=1S/C15H32N4.HI/c1-5-16-15(18-13(2)3)17-11-12-19(4)14-9-7-6-8-10-14;/h13-14H,5-12H2,1-4H3,(H2,16,17,18);1H. The first-order valence-electron chi connectivity index (χ1n) is 7.88. The third-order valence-corrected chi connectivity index (χ3v) is 3.69. The van der Waals surface area contributed by atoms with Gasteiger partial charge in [-0.15, -0.1) is 24.0 Å². The van der Waals surface area contributed by atoms with E-state index in [0.29, 0.717) is 6.04 Å². The summed E-state index contributed by atoms with van der Waals surface area (Å²) in [5, 5.41) is 6.64. The van der Waals surface area contributed by atoms with E-state index in [4.69, 9.17) is 0 Å². The molecular formula is C15H33IN4. The summed E-state index contributed by atoms with van der Waals surface area (Å²) >= 11 is 0. The van der Waals surface area contributed by atoms with E-state index in [2.05, 4.69) is 48.3 Å². The molecular weight excluding hydrogens is 363 g/mol. The van der Waals surface area contributed by atoms with Gasteiger partial charge in [-0.3, -0.25) is 4.99 Å². The van der Waals surface area contributed by atoms with Gasteiger partial charge in [0.15, 0.2) is 5.96 Å². The van der Waals surface area contributed by atoms with Crippen LogP contribution in [0.3, 0.4) is 0 Å². The number of halogens is 1. The van der Waals surface area contributed by atoms with Gasteiger partial charge in [-0.05, 0) is 40.7 Å². The van der Waals surface area contributed by atoms with Crippen molar-refractivity contribution in [2.24, 2.45) is 4.99 Å². The van der Waals surface area contributed by atoms with Crippen LogP contribution in [0, 0.1) is 0 Å². The maximum atomic E-state index is 4.64. The van der Waals surface area contributed by atoms with Crippen molar-refractivity contribution in [1.82, 2.24) is 15.5 Å². The van der Waals surface area contributed by atoms with Crippen molar-refractivity contribution in [3.63, 3.8) is 0 Å². The average molecular weight is 396 g/mol. The van der Waals surface area contributed by atoms with E-state index in [1.165, 1.54) is 32.1 Å². The van der Waals surface area contributed by atoms with Crippen LogP contribution in [-0.4, -0.2) is 49.6 Å². The molecule has 0 radical (unpaired) electrons. The summed E-state index contributed by atoms with van der Waals surface area (Å²) in [6.45, 7) is 9.22. The molecule has 0 saturated heterocycles. The molecule has 20 heavy (non-hydrogen) atoms. The molecule has 0 heterocycles. The minimum absolute atomic E-state index is 0. The van der Waals surface area contributed by atoms with Crippen molar-refractivity contribution in [1.29, 1.82) is 0 Å². The second-order valence-electron chi connectivity index (χ2n) is 5.83. The highest BCUT2D eigenvalue weighted by molar-refractivity contribution is 14.0. The Morgan fingerprint density at radius 2 is 1.90 bits per heavy atom. The van der Waals surface area contributed by atoms with Crippen molar-refractivity contribution in [2.45, 2.75) is 65.0 Å². The molecule has 1 aliphatic carbocycles. The molecule has 0 atom stereocenters. The van der Waals surface area contributed by atoms with Crippen molar-refractivity contribution >= 4 is 29.9 Å². The minimum atomic E-state index is 0. The highest BCUT2D eigenvalue weighted by Crippen LogP contribution is 2.21. The normalized spacial score (nSPS) is 17.2. The number of hydrogen-bond donors (Lipinski definition) is 2. The lowest BCUT2D eigenvalue weighted by molar-refractivity contribution is 0.196. The Morgan fingerprint density at radius 3 is 2.45 bits per heavy atom. The fourth-order valence-corrected chi connectivity index (χ4v) is 2.62. The molecule has 0 unspecified atom stereocenters. The maximum absolute atomic E-state index is 4.64. The Kier molecular flexibility index (Phi) is 11.6. The summed E-state index contributed by atoms with van der Waals surface area (Å²) in [5.41, 5.74) is 0. The van der Waals surface area contributed by atoms with Gasteiger partial charge < -0.3 is 15.5 Å². The molecule has 1 rings (SSSR count). The van der Waals surface area contributed by atoms with E-state index >= 15 is 0 Å². The second-order valence-corrected chi connectivity index (χ2v) is 5.83. The minimum Gasteiger partial charge on any atom is -0.357 e. The van der Waals surface area contributed by atoms with Gasteiger partial charge in [0.1, 0.15) is 0 Å². The van der Waals surface area contributed by atoms with Crippen LogP contribution in [0.2, 0.25) is 0 Å². The lowest BCUT2D eigenvalue weighted by Crippen LogP contribution is -2.42. The average Bonchev–Trinajstić information content (AvgIpc) is 2.39. The highest BCUT2D eigenvalue weighted by Gasteiger charge is 2.17. The molecule has 0 aromatic carbocycles. The summed E-state index contributed by atoms with van der Waals surface area (Å²) in [6.07, 6.45) is 6.95. The zero-order valence-electron chi connectivity index (χ0n) is 13.6. The Labute approximate surface area is 142 Å². The van der Waals surface area contributed by atoms with Gasteiger partial charge in [0, 0.05) is 25.2 Å². The number of likely N-dealkylation sites (N-methyl/N-ethyl adjacent to an activating group) is 1. The summed E-state index contributed by atoms with van der Waals surface area (Å²) in [4.78, 5) is 7.13. The predicted molar refractivity (Wildman–Crippen MR) is 99.2 cm³/mol. The van der Waals surface area contributed by atoms with E-state index in [1.807, 2.05) is 0 Å². The lowest BCUT2D eigenvalue weighted by atomic mass is 9.94. The quantitative estimate of drug-likeness (QED) is 0.412. The molecule has 1 aliphatic rings. The smallest absolute Gasteiger partial charge is 0.191 e. The van der Waals surface area contributed by atoms with E-state index in [9.17, 15) is 0 Å². The summed E-state index contributed by atoms with van der Waals surface area (Å²) < 4.78 is 0. The van der Waals surface area contributed by atoms with Crippen molar-refractivity contribution in [3.8, 4) is 0 Å². The van der Waals surface area contributed by atoms with Crippen LogP contribution in [0.25, 0.3) is 0 Å². The van der Waals surface area contributed by atoms with Crippen molar-refractivity contribution in [2.75, 3.05) is 26.7 Å². The van der Waals surface area contributed by atoms with Crippen LogP contribution in [-0.2, 0) is 0 Å². The largest absolute Gasteiger partial charge is 0.357 e. The molecule has 0 amide bonds. The molecule has 4 nitrogen and oxygen atoms in total. The number of nitrogens with one attached hydrogen (secondary N) is 2. The van der Waals surface area contributed by atoms with Gasteiger partial charge in [0.25, 0.3) is 0 Å². The summed E-state index contributed by atoms with van der Waals surface area (Å²) in [5.74, 6) is 0.939. The Hall–Kier alpha value is -0.0400. The molecule has 5 heteroatoms. The fourth-order valence-electron chi connectivity index (χ4n) is 2.62. The van der Waals surface area contributed by atoms with Crippen LogP contribution in [0.4, 0.5) is 0 Å². The molecule has 0 aromatic rings. The van der Waals surface area contributed by atoms with E-state index in [0.717, 1.165) is 31.6 Å². The molecule has 0 spiro atoms.